The summed E-state index contributed by atoms with van der Waals surface area (Å²) < 4.78 is 18.2. The molecule has 0 aliphatic carbocycles. The molecular weight excluding hydrogens is 250 g/mol. The summed E-state index contributed by atoms with van der Waals surface area (Å²) in [4.78, 5) is 0. The van der Waals surface area contributed by atoms with Gasteiger partial charge in [0.15, 0.2) is 0 Å². The van der Waals surface area contributed by atoms with Gasteiger partial charge < -0.3 is 4.74 Å². The smallest absolute Gasteiger partial charge is 0.147 e. The zero-order chi connectivity index (χ0) is 11.5. The number of hydrogen-bond acceptors (Lipinski definition) is 1. The summed E-state index contributed by atoms with van der Waals surface area (Å²) in [7, 11) is 0. The van der Waals surface area contributed by atoms with Crippen molar-refractivity contribution in [3.8, 4) is 11.5 Å². The topological polar surface area (TPSA) is 9.23 Å². The van der Waals surface area contributed by atoms with Crippen LogP contribution in [0, 0.1) is 11.9 Å². The van der Waals surface area contributed by atoms with Gasteiger partial charge in [0.25, 0.3) is 0 Å². The van der Waals surface area contributed by atoms with Crippen molar-refractivity contribution in [2.75, 3.05) is 0 Å². The lowest BCUT2D eigenvalue weighted by molar-refractivity contribution is 0.475. The first-order valence-corrected chi connectivity index (χ1v) is 5.22. The Morgan fingerprint density at radius 1 is 1.06 bits per heavy atom. The SMILES string of the molecule is Fc1[c]c(Oc2cccc(Cl)c2Cl)ccc1. The molecule has 0 fully saturated rings. The van der Waals surface area contributed by atoms with Crippen LogP contribution in [-0.4, -0.2) is 0 Å². The van der Waals surface area contributed by atoms with Gasteiger partial charge in [-0.1, -0.05) is 35.3 Å². The van der Waals surface area contributed by atoms with Crippen LogP contribution in [0.5, 0.6) is 11.5 Å². The molecule has 81 valence electrons. The van der Waals surface area contributed by atoms with Crippen LogP contribution in [0.4, 0.5) is 4.39 Å². The second-order valence-electron chi connectivity index (χ2n) is 3.02. The maximum Gasteiger partial charge on any atom is 0.147 e. The average Bonchev–Trinajstić information content (AvgIpc) is 2.25. The highest BCUT2D eigenvalue weighted by atomic mass is 35.5. The fourth-order valence-corrected chi connectivity index (χ4v) is 1.49. The Balaban J connectivity index is 2.31. The summed E-state index contributed by atoms with van der Waals surface area (Å²) in [6, 6.07) is 11.8. The molecule has 1 radical (unpaired) electrons. The third kappa shape index (κ3) is 2.46. The lowest BCUT2D eigenvalue weighted by Crippen LogP contribution is -1.86. The first-order valence-electron chi connectivity index (χ1n) is 4.46. The third-order valence-corrected chi connectivity index (χ3v) is 2.67. The minimum Gasteiger partial charge on any atom is -0.455 e. The van der Waals surface area contributed by atoms with Crippen LogP contribution in [0.15, 0.2) is 36.4 Å². The van der Waals surface area contributed by atoms with Crippen LogP contribution in [0.3, 0.4) is 0 Å². The summed E-state index contributed by atoms with van der Waals surface area (Å²) in [6.07, 6.45) is 0. The van der Waals surface area contributed by atoms with E-state index in [9.17, 15) is 4.39 Å². The second-order valence-corrected chi connectivity index (χ2v) is 3.80. The standard InChI is InChI=1S/C12H6Cl2FO/c13-10-5-2-6-11(12(10)14)16-9-4-1-3-8(15)7-9/h1-6H. The van der Waals surface area contributed by atoms with Gasteiger partial charge in [-0.15, -0.1) is 0 Å². The van der Waals surface area contributed by atoms with E-state index in [0.29, 0.717) is 15.8 Å². The minimum absolute atomic E-state index is 0.254. The van der Waals surface area contributed by atoms with Crippen molar-refractivity contribution >= 4 is 23.2 Å². The molecule has 0 heterocycles. The second kappa shape index (κ2) is 4.73. The van der Waals surface area contributed by atoms with Crippen molar-refractivity contribution in [3.63, 3.8) is 0 Å². The van der Waals surface area contributed by atoms with E-state index in [4.69, 9.17) is 27.9 Å². The molecule has 0 spiro atoms. The fourth-order valence-electron chi connectivity index (χ4n) is 1.16. The van der Waals surface area contributed by atoms with Gasteiger partial charge in [0, 0.05) is 0 Å². The molecule has 0 aromatic heterocycles. The molecule has 0 aliphatic heterocycles. The maximum atomic E-state index is 12.9. The van der Waals surface area contributed by atoms with Gasteiger partial charge in [-0.25, -0.2) is 4.39 Å². The van der Waals surface area contributed by atoms with Gasteiger partial charge in [-0.05, 0) is 24.3 Å². The monoisotopic (exact) mass is 255 g/mol. The van der Waals surface area contributed by atoms with E-state index in [-0.39, 0.29) is 5.75 Å². The van der Waals surface area contributed by atoms with E-state index in [1.807, 2.05) is 0 Å². The van der Waals surface area contributed by atoms with Crippen molar-refractivity contribution < 1.29 is 9.13 Å². The number of benzene rings is 2. The van der Waals surface area contributed by atoms with Gasteiger partial charge >= 0.3 is 0 Å². The lowest BCUT2D eigenvalue weighted by Gasteiger charge is -2.07. The maximum absolute atomic E-state index is 12.9. The van der Waals surface area contributed by atoms with Crippen LogP contribution in [0.1, 0.15) is 0 Å². The highest BCUT2D eigenvalue weighted by molar-refractivity contribution is 6.42. The average molecular weight is 256 g/mol. The Morgan fingerprint density at radius 3 is 2.56 bits per heavy atom. The van der Waals surface area contributed by atoms with Gasteiger partial charge in [-0.2, -0.15) is 0 Å². The van der Waals surface area contributed by atoms with Crippen molar-refractivity contribution in [2.24, 2.45) is 0 Å². The zero-order valence-electron chi connectivity index (χ0n) is 8.01. The van der Waals surface area contributed by atoms with Gasteiger partial charge in [-0.3, -0.25) is 0 Å². The summed E-state index contributed by atoms with van der Waals surface area (Å²) in [5.41, 5.74) is 0. The molecule has 16 heavy (non-hydrogen) atoms. The predicted octanol–water partition coefficient (Wildman–Crippen LogP) is 4.72. The molecule has 2 aromatic rings. The molecule has 0 atom stereocenters. The van der Waals surface area contributed by atoms with E-state index in [0.717, 1.165) is 0 Å². The van der Waals surface area contributed by atoms with Gasteiger partial charge in [0.05, 0.1) is 11.1 Å². The number of ether oxygens (including phenoxy) is 1. The summed E-state index contributed by atoms with van der Waals surface area (Å²) >= 11 is 11.7. The van der Waals surface area contributed by atoms with Crippen molar-refractivity contribution in [1.82, 2.24) is 0 Å². The van der Waals surface area contributed by atoms with E-state index in [1.54, 1.807) is 24.3 Å². The highest BCUT2D eigenvalue weighted by Crippen LogP contribution is 2.34. The molecule has 1 nitrogen and oxygen atoms in total. The van der Waals surface area contributed by atoms with Gasteiger partial charge in [0.2, 0.25) is 0 Å². The normalized spacial score (nSPS) is 10.2. The Hall–Kier alpha value is -1.25. The molecule has 4 heteroatoms. The van der Waals surface area contributed by atoms with Crippen molar-refractivity contribution in [3.05, 3.63) is 58.3 Å². The zero-order valence-corrected chi connectivity index (χ0v) is 9.52. The Morgan fingerprint density at radius 2 is 1.81 bits per heavy atom. The van der Waals surface area contributed by atoms with E-state index < -0.39 is 5.82 Å². The minimum atomic E-state index is -0.490. The van der Waals surface area contributed by atoms with E-state index in [1.165, 1.54) is 12.1 Å². The van der Waals surface area contributed by atoms with Crippen LogP contribution >= 0.6 is 23.2 Å². The number of hydrogen-bond donors (Lipinski definition) is 0. The first-order chi connectivity index (χ1) is 7.66. The Labute approximate surface area is 102 Å². The largest absolute Gasteiger partial charge is 0.455 e. The molecule has 0 saturated heterocycles. The number of halogens is 3. The summed E-state index contributed by atoms with van der Waals surface area (Å²) in [6.45, 7) is 0. The lowest BCUT2D eigenvalue weighted by atomic mass is 10.3. The van der Waals surface area contributed by atoms with Crippen molar-refractivity contribution in [1.29, 1.82) is 0 Å². The summed E-state index contributed by atoms with van der Waals surface area (Å²) in [5.74, 6) is 0.135. The van der Waals surface area contributed by atoms with Gasteiger partial charge in [0.1, 0.15) is 22.3 Å². The quantitative estimate of drug-likeness (QED) is 0.755. The molecule has 0 aliphatic rings. The number of rotatable bonds is 2. The molecular formula is C12H6Cl2FO. The molecule has 0 N–H and O–H groups in total. The predicted molar refractivity (Wildman–Crippen MR) is 61.8 cm³/mol. The molecule has 0 unspecified atom stereocenters. The van der Waals surface area contributed by atoms with Crippen molar-refractivity contribution in [2.45, 2.75) is 0 Å². The fraction of sp³-hybridized carbons (Fsp3) is 0. The van der Waals surface area contributed by atoms with E-state index in [2.05, 4.69) is 6.07 Å². The first kappa shape index (κ1) is 11.2. The van der Waals surface area contributed by atoms with Crippen LogP contribution in [0.25, 0.3) is 0 Å². The van der Waals surface area contributed by atoms with Crippen LogP contribution < -0.4 is 4.74 Å². The highest BCUT2D eigenvalue weighted by Gasteiger charge is 2.06. The van der Waals surface area contributed by atoms with E-state index >= 15 is 0 Å². The Bertz CT molecular complexity index is 514. The molecule has 0 bridgehead atoms. The van der Waals surface area contributed by atoms with Crippen LogP contribution in [0.2, 0.25) is 10.0 Å². The molecule has 2 aromatic carbocycles. The Kier molecular flexibility index (Phi) is 3.32. The van der Waals surface area contributed by atoms with Crippen LogP contribution in [-0.2, 0) is 0 Å². The molecule has 0 amide bonds. The molecule has 0 saturated carbocycles. The summed E-state index contributed by atoms with van der Waals surface area (Å²) in [5, 5.41) is 0.678. The third-order valence-electron chi connectivity index (χ3n) is 1.87. The molecule has 2 rings (SSSR count).